The zero-order valence-corrected chi connectivity index (χ0v) is 13.5. The van der Waals surface area contributed by atoms with Gasteiger partial charge in [0.2, 0.25) is 10.0 Å². The number of carbonyl (C=O) groups is 1. The Morgan fingerprint density at radius 2 is 1.76 bits per heavy atom. The Hall–Kier alpha value is -1.60. The largest absolute Gasteiger partial charge is 0.481 e. The van der Waals surface area contributed by atoms with Gasteiger partial charge in [-0.2, -0.15) is 0 Å². The molecule has 0 aliphatic carbocycles. The van der Waals surface area contributed by atoms with Crippen LogP contribution in [0.15, 0.2) is 29.2 Å². The summed E-state index contributed by atoms with van der Waals surface area (Å²) in [4.78, 5) is 11.9. The maximum absolute atomic E-state index is 11.8. The molecule has 0 aromatic heterocycles. The number of benzene rings is 1. The van der Waals surface area contributed by atoms with Gasteiger partial charge >= 0.3 is 0 Å². The van der Waals surface area contributed by atoms with Gasteiger partial charge in [0.05, 0.1) is 4.90 Å². The van der Waals surface area contributed by atoms with Crippen LogP contribution in [0.4, 0.5) is 0 Å². The molecule has 118 valence electrons. The monoisotopic (exact) mass is 314 g/mol. The van der Waals surface area contributed by atoms with E-state index in [-0.39, 0.29) is 16.8 Å². The van der Waals surface area contributed by atoms with Crippen molar-refractivity contribution in [2.45, 2.75) is 44.7 Å². The highest BCUT2D eigenvalue weighted by Crippen LogP contribution is 2.17. The maximum Gasteiger partial charge on any atom is 0.260 e. The van der Waals surface area contributed by atoms with E-state index in [0.717, 1.165) is 0 Å². The summed E-state index contributed by atoms with van der Waals surface area (Å²) in [6.45, 7) is 7.41. The summed E-state index contributed by atoms with van der Waals surface area (Å²) in [5, 5.41) is 2.75. The molecule has 1 atom stereocenters. The van der Waals surface area contributed by atoms with Gasteiger partial charge in [-0.1, -0.05) is 6.92 Å². The third-order valence-corrected chi connectivity index (χ3v) is 4.14. The second-order valence-electron chi connectivity index (χ2n) is 4.90. The van der Waals surface area contributed by atoms with Crippen molar-refractivity contribution in [3.05, 3.63) is 24.3 Å². The Balaban J connectivity index is 2.73. The Kier molecular flexibility index (Phi) is 6.17. The summed E-state index contributed by atoms with van der Waals surface area (Å²) in [5.41, 5.74) is 0. The van der Waals surface area contributed by atoms with E-state index in [2.05, 4.69) is 10.0 Å². The van der Waals surface area contributed by atoms with Crippen LogP contribution in [0.1, 0.15) is 27.7 Å². The van der Waals surface area contributed by atoms with Crippen molar-refractivity contribution in [1.82, 2.24) is 10.0 Å². The molecule has 1 aromatic rings. The molecule has 6 nitrogen and oxygen atoms in total. The fourth-order valence-electron chi connectivity index (χ4n) is 1.63. The number of sulfonamides is 1. The lowest BCUT2D eigenvalue weighted by Crippen LogP contribution is -2.40. The first-order valence-corrected chi connectivity index (χ1v) is 8.31. The van der Waals surface area contributed by atoms with Crippen LogP contribution in [-0.4, -0.2) is 33.0 Å². The van der Waals surface area contributed by atoms with Gasteiger partial charge < -0.3 is 10.1 Å². The van der Waals surface area contributed by atoms with Crippen molar-refractivity contribution in [2.24, 2.45) is 0 Å². The quantitative estimate of drug-likeness (QED) is 0.794. The van der Waals surface area contributed by atoms with Crippen LogP contribution < -0.4 is 14.8 Å². The van der Waals surface area contributed by atoms with Crippen LogP contribution in [0, 0.1) is 0 Å². The van der Waals surface area contributed by atoms with Crippen LogP contribution in [-0.2, 0) is 14.8 Å². The van der Waals surface area contributed by atoms with Gasteiger partial charge in [-0.25, -0.2) is 13.1 Å². The first-order valence-electron chi connectivity index (χ1n) is 6.83. The molecule has 0 aliphatic heterocycles. The molecule has 0 saturated heterocycles. The summed E-state index contributed by atoms with van der Waals surface area (Å²) < 4.78 is 31.4. The Bertz CT molecular complexity index is 567. The fourth-order valence-corrected chi connectivity index (χ4v) is 2.67. The third kappa shape index (κ3) is 5.35. The first-order chi connectivity index (χ1) is 9.76. The predicted molar refractivity (Wildman–Crippen MR) is 80.7 cm³/mol. The molecule has 0 aliphatic rings. The molecule has 0 bridgehead atoms. The number of ether oxygens (including phenoxy) is 1. The van der Waals surface area contributed by atoms with Crippen LogP contribution in [0.25, 0.3) is 0 Å². The highest BCUT2D eigenvalue weighted by molar-refractivity contribution is 7.89. The van der Waals surface area contributed by atoms with Crippen LogP contribution >= 0.6 is 0 Å². The van der Waals surface area contributed by atoms with E-state index in [1.807, 2.05) is 13.8 Å². The minimum absolute atomic E-state index is 0.0381. The summed E-state index contributed by atoms with van der Waals surface area (Å²) in [6.07, 6.45) is -0.649. The maximum atomic E-state index is 11.8. The molecule has 0 spiro atoms. The summed E-state index contributed by atoms with van der Waals surface area (Å²) in [5.74, 6) is 0.228. The Morgan fingerprint density at radius 3 is 2.24 bits per heavy atom. The third-order valence-electron chi connectivity index (χ3n) is 2.58. The molecule has 21 heavy (non-hydrogen) atoms. The average Bonchev–Trinajstić information content (AvgIpc) is 2.38. The Labute approximate surface area is 125 Å². The van der Waals surface area contributed by atoms with E-state index in [1.165, 1.54) is 24.3 Å². The number of carbonyl (C=O) groups excluding carboxylic acids is 1. The average molecular weight is 314 g/mol. The first kappa shape index (κ1) is 17.5. The molecule has 1 amide bonds. The zero-order chi connectivity index (χ0) is 16.0. The number of hydrogen-bond acceptors (Lipinski definition) is 4. The van der Waals surface area contributed by atoms with Gasteiger partial charge in [0.25, 0.3) is 5.91 Å². The molecule has 0 radical (unpaired) electrons. The molecular weight excluding hydrogens is 292 g/mol. The van der Waals surface area contributed by atoms with Crippen LogP contribution in [0.5, 0.6) is 5.75 Å². The lowest BCUT2D eigenvalue weighted by atomic mass is 10.3. The van der Waals surface area contributed by atoms with Crippen LogP contribution in [0.3, 0.4) is 0 Å². The van der Waals surface area contributed by atoms with Crippen molar-refractivity contribution in [3.8, 4) is 5.75 Å². The second kappa shape index (κ2) is 7.42. The highest BCUT2D eigenvalue weighted by atomic mass is 32.2. The van der Waals surface area contributed by atoms with E-state index in [1.54, 1.807) is 13.8 Å². The summed E-state index contributed by atoms with van der Waals surface area (Å²) in [6, 6.07) is 5.99. The molecule has 1 aromatic carbocycles. The van der Waals surface area contributed by atoms with E-state index in [9.17, 15) is 13.2 Å². The molecule has 1 rings (SSSR count). The van der Waals surface area contributed by atoms with Gasteiger partial charge in [0, 0.05) is 12.6 Å². The number of nitrogens with one attached hydrogen (secondary N) is 2. The van der Waals surface area contributed by atoms with Crippen molar-refractivity contribution >= 4 is 15.9 Å². The van der Waals surface area contributed by atoms with Gasteiger partial charge in [0.1, 0.15) is 5.75 Å². The van der Waals surface area contributed by atoms with Gasteiger partial charge in [-0.3, -0.25) is 4.79 Å². The lowest BCUT2D eigenvalue weighted by molar-refractivity contribution is -0.127. The summed E-state index contributed by atoms with van der Waals surface area (Å²) >= 11 is 0. The number of hydrogen-bond donors (Lipinski definition) is 2. The zero-order valence-electron chi connectivity index (χ0n) is 12.7. The van der Waals surface area contributed by atoms with Gasteiger partial charge in [-0.15, -0.1) is 0 Å². The molecule has 0 saturated carbocycles. The van der Waals surface area contributed by atoms with E-state index < -0.39 is 16.1 Å². The number of rotatable bonds is 7. The topological polar surface area (TPSA) is 84.5 Å². The molecular formula is C14H22N2O4S. The smallest absolute Gasteiger partial charge is 0.260 e. The van der Waals surface area contributed by atoms with Crippen molar-refractivity contribution in [2.75, 3.05) is 6.54 Å². The second-order valence-corrected chi connectivity index (χ2v) is 6.66. The van der Waals surface area contributed by atoms with Crippen molar-refractivity contribution < 1.29 is 17.9 Å². The Morgan fingerprint density at radius 1 is 1.19 bits per heavy atom. The molecule has 0 heterocycles. The fraction of sp³-hybridized carbons (Fsp3) is 0.500. The summed E-state index contributed by atoms with van der Waals surface area (Å²) in [7, 11) is -3.47. The highest BCUT2D eigenvalue weighted by Gasteiger charge is 2.16. The minimum atomic E-state index is -3.47. The van der Waals surface area contributed by atoms with E-state index >= 15 is 0 Å². The molecule has 7 heteroatoms. The van der Waals surface area contributed by atoms with E-state index in [0.29, 0.717) is 12.3 Å². The molecule has 0 fully saturated rings. The molecule has 2 N–H and O–H groups in total. The molecule has 0 unspecified atom stereocenters. The van der Waals surface area contributed by atoms with Gasteiger partial charge in [-0.05, 0) is 45.0 Å². The number of amides is 1. The normalized spacial score (nSPS) is 13.0. The van der Waals surface area contributed by atoms with Crippen LogP contribution in [0.2, 0.25) is 0 Å². The van der Waals surface area contributed by atoms with Gasteiger partial charge in [0.15, 0.2) is 6.10 Å². The minimum Gasteiger partial charge on any atom is -0.481 e. The van der Waals surface area contributed by atoms with E-state index in [4.69, 9.17) is 4.74 Å². The van der Waals surface area contributed by atoms with Crippen molar-refractivity contribution in [3.63, 3.8) is 0 Å². The van der Waals surface area contributed by atoms with Crippen molar-refractivity contribution in [1.29, 1.82) is 0 Å². The predicted octanol–water partition coefficient (Wildman–Crippen LogP) is 1.28. The standard InChI is InChI=1S/C14H22N2O4S/c1-5-15-21(18,19)13-8-6-12(7-9-13)20-11(4)14(17)16-10(2)3/h6-11,15H,5H2,1-4H3,(H,16,17)/t11-/m1/s1. The SMILES string of the molecule is CCNS(=O)(=O)c1ccc(O[C@H](C)C(=O)NC(C)C)cc1. The lowest BCUT2D eigenvalue weighted by Gasteiger charge is -2.16.